The Bertz CT molecular complexity index is 557. The van der Waals surface area contributed by atoms with Crippen LogP contribution in [0.2, 0.25) is 0 Å². The Morgan fingerprint density at radius 2 is 2.11 bits per heavy atom. The van der Waals surface area contributed by atoms with Gasteiger partial charge in [0.2, 0.25) is 10.0 Å². The normalized spacial score (nSPS) is 11.3. The molecular weight excluding hydrogens is 262 g/mol. The average Bonchev–Trinajstić information content (AvgIpc) is 2.27. The number of nitrogens with zero attached hydrogens (tertiary/aromatic N) is 2. The summed E-state index contributed by atoms with van der Waals surface area (Å²) in [5, 5.41) is 24.6. The predicted octanol–water partition coefficient (Wildman–Crippen LogP) is -0.329. The molecule has 0 aliphatic rings. The number of primary sulfonamides is 1. The first kappa shape index (κ1) is 14.4. The molecule has 1 aromatic carbocycles. The second kappa shape index (κ2) is 5.29. The highest BCUT2D eigenvalue weighted by Gasteiger charge is 2.20. The number of sulfonamides is 1. The van der Waals surface area contributed by atoms with Gasteiger partial charge in [0.15, 0.2) is 0 Å². The smallest absolute Gasteiger partial charge is 0.293 e. The molecule has 0 aromatic heterocycles. The summed E-state index contributed by atoms with van der Waals surface area (Å²) in [5.41, 5.74) is -0.168. The average molecular weight is 275 g/mol. The van der Waals surface area contributed by atoms with Crippen LogP contribution in [-0.4, -0.2) is 38.6 Å². The minimum absolute atomic E-state index is 0.176. The number of likely N-dealkylation sites (N-methyl/N-ethyl adjacent to an activating group) is 1. The van der Waals surface area contributed by atoms with Gasteiger partial charge in [0.25, 0.3) is 5.69 Å². The molecule has 1 aromatic rings. The predicted molar refractivity (Wildman–Crippen MR) is 64.8 cm³/mol. The number of aliphatic hydroxyl groups is 1. The van der Waals surface area contributed by atoms with Crippen molar-refractivity contribution in [3.05, 3.63) is 28.3 Å². The molecule has 8 nitrogen and oxygen atoms in total. The first-order chi connectivity index (χ1) is 8.27. The Morgan fingerprint density at radius 3 is 2.56 bits per heavy atom. The third-order valence-corrected chi connectivity index (χ3v) is 3.23. The number of nitro benzene ring substituents is 1. The molecule has 0 radical (unpaired) electrons. The van der Waals surface area contributed by atoms with Gasteiger partial charge in [-0.15, -0.1) is 0 Å². The molecule has 100 valence electrons. The van der Waals surface area contributed by atoms with E-state index in [-0.39, 0.29) is 29.4 Å². The maximum absolute atomic E-state index is 11.1. The molecule has 0 spiro atoms. The van der Waals surface area contributed by atoms with Crippen LogP contribution >= 0.6 is 0 Å². The zero-order valence-electron chi connectivity index (χ0n) is 9.61. The van der Waals surface area contributed by atoms with Crippen LogP contribution in [0.3, 0.4) is 0 Å². The van der Waals surface area contributed by atoms with E-state index in [2.05, 4.69) is 0 Å². The topological polar surface area (TPSA) is 127 Å². The van der Waals surface area contributed by atoms with Crippen LogP contribution in [0.4, 0.5) is 11.4 Å². The maximum Gasteiger partial charge on any atom is 0.293 e. The van der Waals surface area contributed by atoms with Crippen LogP contribution in [0.25, 0.3) is 0 Å². The molecule has 1 rings (SSSR count). The lowest BCUT2D eigenvalue weighted by molar-refractivity contribution is -0.384. The van der Waals surface area contributed by atoms with Gasteiger partial charge < -0.3 is 10.0 Å². The van der Waals surface area contributed by atoms with Crippen molar-refractivity contribution in [1.29, 1.82) is 0 Å². The van der Waals surface area contributed by atoms with E-state index < -0.39 is 14.9 Å². The molecule has 0 unspecified atom stereocenters. The third kappa shape index (κ3) is 3.15. The first-order valence-electron chi connectivity index (χ1n) is 4.90. The number of rotatable bonds is 5. The monoisotopic (exact) mass is 275 g/mol. The molecule has 0 bridgehead atoms. The summed E-state index contributed by atoms with van der Waals surface area (Å²) in [4.78, 5) is 11.3. The fourth-order valence-electron chi connectivity index (χ4n) is 1.42. The van der Waals surface area contributed by atoms with E-state index in [9.17, 15) is 18.5 Å². The van der Waals surface area contributed by atoms with Crippen LogP contribution in [0, 0.1) is 10.1 Å². The summed E-state index contributed by atoms with van der Waals surface area (Å²) >= 11 is 0. The van der Waals surface area contributed by atoms with Crippen LogP contribution in [0.5, 0.6) is 0 Å². The zero-order valence-corrected chi connectivity index (χ0v) is 10.4. The molecular formula is C9H13N3O5S. The Morgan fingerprint density at radius 1 is 1.50 bits per heavy atom. The number of benzene rings is 1. The number of hydrogen-bond acceptors (Lipinski definition) is 6. The molecule has 3 N–H and O–H groups in total. The lowest BCUT2D eigenvalue weighted by Gasteiger charge is -2.17. The second-order valence-corrected chi connectivity index (χ2v) is 5.16. The molecule has 0 aliphatic carbocycles. The van der Waals surface area contributed by atoms with E-state index >= 15 is 0 Å². The van der Waals surface area contributed by atoms with Gasteiger partial charge in [0, 0.05) is 19.7 Å². The van der Waals surface area contributed by atoms with Crippen molar-refractivity contribution in [2.24, 2.45) is 5.14 Å². The molecule has 0 saturated heterocycles. The Balaban J connectivity index is 3.34. The quantitative estimate of drug-likeness (QED) is 0.559. The van der Waals surface area contributed by atoms with Crippen molar-refractivity contribution in [2.75, 3.05) is 25.1 Å². The second-order valence-electron chi connectivity index (χ2n) is 3.60. The van der Waals surface area contributed by atoms with E-state index in [1.807, 2.05) is 0 Å². The number of anilines is 1. The SMILES string of the molecule is CN(CCO)c1ccc(S(N)(=O)=O)cc1[N+](=O)[O-]. The minimum Gasteiger partial charge on any atom is -0.395 e. The fraction of sp³-hybridized carbons (Fsp3) is 0.333. The first-order valence-corrected chi connectivity index (χ1v) is 6.45. The van der Waals surface area contributed by atoms with E-state index in [0.717, 1.165) is 6.07 Å². The number of aliphatic hydroxyl groups excluding tert-OH is 1. The molecule has 0 aliphatic heterocycles. The summed E-state index contributed by atoms with van der Waals surface area (Å²) < 4.78 is 22.2. The summed E-state index contributed by atoms with van der Waals surface area (Å²) in [7, 11) is -2.44. The van der Waals surface area contributed by atoms with Gasteiger partial charge in [0.1, 0.15) is 5.69 Å². The molecule has 0 saturated carbocycles. The lowest BCUT2D eigenvalue weighted by Crippen LogP contribution is -2.22. The highest BCUT2D eigenvalue weighted by atomic mass is 32.2. The van der Waals surface area contributed by atoms with E-state index in [4.69, 9.17) is 10.2 Å². The van der Waals surface area contributed by atoms with Crippen molar-refractivity contribution in [3.63, 3.8) is 0 Å². The largest absolute Gasteiger partial charge is 0.395 e. The number of nitrogens with two attached hydrogens (primary N) is 1. The zero-order chi connectivity index (χ0) is 13.9. The van der Waals surface area contributed by atoms with Gasteiger partial charge in [-0.1, -0.05) is 0 Å². The maximum atomic E-state index is 11.1. The summed E-state index contributed by atoms with van der Waals surface area (Å²) in [5.74, 6) is 0. The Labute approximate surface area is 104 Å². The van der Waals surface area contributed by atoms with Crippen molar-refractivity contribution in [1.82, 2.24) is 0 Å². The van der Waals surface area contributed by atoms with Crippen molar-refractivity contribution in [3.8, 4) is 0 Å². The summed E-state index contributed by atoms with van der Waals surface area (Å²) in [6.07, 6.45) is 0. The molecule has 0 heterocycles. The minimum atomic E-state index is -3.99. The number of nitro groups is 1. The van der Waals surface area contributed by atoms with Crippen LogP contribution in [-0.2, 0) is 10.0 Å². The highest BCUT2D eigenvalue weighted by Crippen LogP contribution is 2.29. The van der Waals surface area contributed by atoms with Crippen molar-refractivity contribution in [2.45, 2.75) is 4.90 Å². The lowest BCUT2D eigenvalue weighted by atomic mass is 10.2. The van der Waals surface area contributed by atoms with Gasteiger partial charge in [-0.3, -0.25) is 10.1 Å². The van der Waals surface area contributed by atoms with Gasteiger partial charge >= 0.3 is 0 Å². The molecule has 18 heavy (non-hydrogen) atoms. The van der Waals surface area contributed by atoms with Crippen molar-refractivity contribution >= 4 is 21.4 Å². The van der Waals surface area contributed by atoms with Crippen molar-refractivity contribution < 1.29 is 18.4 Å². The van der Waals surface area contributed by atoms with Crippen LogP contribution < -0.4 is 10.0 Å². The third-order valence-electron chi connectivity index (χ3n) is 2.32. The van der Waals surface area contributed by atoms with Crippen LogP contribution in [0.1, 0.15) is 0 Å². The van der Waals surface area contributed by atoms with E-state index in [1.165, 1.54) is 17.0 Å². The van der Waals surface area contributed by atoms with Gasteiger partial charge in [-0.05, 0) is 12.1 Å². The van der Waals surface area contributed by atoms with Gasteiger partial charge in [-0.2, -0.15) is 0 Å². The molecule has 0 fully saturated rings. The Hall–Kier alpha value is -1.71. The molecule has 0 atom stereocenters. The van der Waals surface area contributed by atoms with Gasteiger partial charge in [0.05, 0.1) is 16.4 Å². The van der Waals surface area contributed by atoms with E-state index in [0.29, 0.717) is 0 Å². The van der Waals surface area contributed by atoms with Crippen LogP contribution in [0.15, 0.2) is 23.1 Å². The summed E-state index contributed by atoms with van der Waals surface area (Å²) in [6, 6.07) is 3.37. The molecule has 0 amide bonds. The van der Waals surface area contributed by atoms with Gasteiger partial charge in [-0.25, -0.2) is 13.6 Å². The molecule has 9 heteroatoms. The van der Waals surface area contributed by atoms with E-state index in [1.54, 1.807) is 7.05 Å². The standard InChI is InChI=1S/C9H13N3O5S/c1-11(4-5-13)8-3-2-7(18(10,16)17)6-9(8)12(14)15/h2-3,6,13H,4-5H2,1H3,(H2,10,16,17). The summed E-state index contributed by atoms with van der Waals surface area (Å²) in [6.45, 7) is 0.0140. The highest BCUT2D eigenvalue weighted by molar-refractivity contribution is 7.89. The fourth-order valence-corrected chi connectivity index (χ4v) is 1.95. The Kier molecular flexibility index (Phi) is 4.22. The number of hydrogen-bond donors (Lipinski definition) is 2.